The molecule has 1 aromatic carbocycles. The molecule has 0 aliphatic carbocycles. The lowest BCUT2D eigenvalue weighted by Gasteiger charge is -2.22. The highest BCUT2D eigenvalue weighted by atomic mass is 32.2. The van der Waals surface area contributed by atoms with Crippen LogP contribution in [0, 0.1) is 0 Å². The molecule has 0 fully saturated rings. The minimum Gasteiger partial charge on any atom is -0.309 e. The lowest BCUT2D eigenvalue weighted by Crippen LogP contribution is -2.37. The summed E-state index contributed by atoms with van der Waals surface area (Å²) in [6.07, 6.45) is 2.88. The van der Waals surface area contributed by atoms with E-state index in [0.29, 0.717) is 5.75 Å². The molecular weight excluding hydrogens is 308 g/mol. The maximum absolute atomic E-state index is 12.7. The number of rotatable bonds is 5. The number of amides is 1. The fraction of sp³-hybridized carbons (Fsp3) is 0.471. The van der Waals surface area contributed by atoms with Gasteiger partial charge in [0.2, 0.25) is 5.91 Å². The van der Waals surface area contributed by atoms with Crippen molar-refractivity contribution in [1.82, 2.24) is 14.8 Å². The smallest absolute Gasteiger partial charge is 0.237 e. The number of nitrogens with zero attached hydrogens (tertiary/aromatic N) is 4. The molecular formula is C17H22N4OS. The van der Waals surface area contributed by atoms with Gasteiger partial charge in [0, 0.05) is 25.2 Å². The number of aromatic nitrogens is 3. The monoisotopic (exact) mass is 330 g/mol. The van der Waals surface area contributed by atoms with E-state index in [1.165, 1.54) is 17.3 Å². The van der Waals surface area contributed by atoms with Crippen molar-refractivity contribution in [2.75, 3.05) is 10.7 Å². The molecule has 3 rings (SSSR count). The van der Waals surface area contributed by atoms with Crippen molar-refractivity contribution < 1.29 is 4.79 Å². The molecule has 0 saturated carbocycles. The first kappa shape index (κ1) is 16.1. The topological polar surface area (TPSA) is 51.0 Å². The zero-order valence-electron chi connectivity index (χ0n) is 13.8. The van der Waals surface area contributed by atoms with Crippen LogP contribution in [0.15, 0.2) is 29.4 Å². The molecule has 122 valence electrons. The predicted octanol–water partition coefficient (Wildman–Crippen LogP) is 2.84. The van der Waals surface area contributed by atoms with Crippen molar-refractivity contribution in [2.24, 2.45) is 7.05 Å². The van der Waals surface area contributed by atoms with E-state index in [2.05, 4.69) is 30.1 Å². The second-order valence-corrected chi connectivity index (χ2v) is 6.88. The fourth-order valence-corrected chi connectivity index (χ4v) is 3.84. The number of fused-ring (bicyclic) bond motifs is 1. The van der Waals surface area contributed by atoms with Gasteiger partial charge in [-0.2, -0.15) is 0 Å². The Kier molecular flexibility index (Phi) is 4.71. The molecule has 1 atom stereocenters. The summed E-state index contributed by atoms with van der Waals surface area (Å²) < 4.78 is 1.99. The maximum atomic E-state index is 12.7. The molecule has 0 spiro atoms. The van der Waals surface area contributed by atoms with E-state index in [4.69, 9.17) is 0 Å². The highest BCUT2D eigenvalue weighted by Gasteiger charge is 2.30. The number of anilines is 1. The van der Waals surface area contributed by atoms with E-state index in [-0.39, 0.29) is 11.9 Å². The quantitative estimate of drug-likeness (QED) is 0.791. The average Bonchev–Trinajstić information content (AvgIpc) is 3.05. The van der Waals surface area contributed by atoms with E-state index < -0.39 is 0 Å². The number of hydrogen-bond donors (Lipinski definition) is 0. The van der Waals surface area contributed by atoms with Gasteiger partial charge in [-0.15, -0.1) is 10.2 Å². The molecule has 0 unspecified atom stereocenters. The van der Waals surface area contributed by atoms with Gasteiger partial charge in [0.15, 0.2) is 5.16 Å². The van der Waals surface area contributed by atoms with Crippen molar-refractivity contribution in [2.45, 2.75) is 44.3 Å². The molecule has 2 aromatic rings. The Morgan fingerprint density at radius 2 is 2.13 bits per heavy atom. The molecule has 1 aliphatic rings. The molecule has 0 N–H and O–H groups in total. The highest BCUT2D eigenvalue weighted by Crippen LogP contribution is 2.32. The number of para-hydroxylation sites is 1. The molecule has 0 bridgehead atoms. The number of benzene rings is 1. The van der Waals surface area contributed by atoms with Gasteiger partial charge in [0.25, 0.3) is 0 Å². The lowest BCUT2D eigenvalue weighted by atomic mass is 10.1. The van der Waals surface area contributed by atoms with Gasteiger partial charge < -0.3 is 9.47 Å². The standard InChI is InChI=1S/C17H22N4OS/c1-4-7-15-18-19-17(20(15)3)23-11-16(22)21-12(2)10-13-8-5-6-9-14(13)21/h5-6,8-9,12H,4,7,10-11H2,1-3H3/t12-/m1/s1. The molecule has 1 aromatic heterocycles. The molecule has 2 heterocycles. The molecule has 1 amide bonds. The summed E-state index contributed by atoms with van der Waals surface area (Å²) in [5.74, 6) is 1.49. The lowest BCUT2D eigenvalue weighted by molar-refractivity contribution is -0.116. The fourth-order valence-electron chi connectivity index (χ4n) is 3.05. The Balaban J connectivity index is 1.68. The number of hydrogen-bond acceptors (Lipinski definition) is 4. The number of aryl methyl sites for hydroxylation is 1. The van der Waals surface area contributed by atoms with Crippen LogP contribution in [0.3, 0.4) is 0 Å². The predicted molar refractivity (Wildman–Crippen MR) is 92.8 cm³/mol. The van der Waals surface area contributed by atoms with Crippen LogP contribution in [0.4, 0.5) is 5.69 Å². The number of carbonyl (C=O) groups is 1. The Morgan fingerprint density at radius 3 is 2.91 bits per heavy atom. The number of carbonyl (C=O) groups excluding carboxylic acids is 1. The normalized spacial score (nSPS) is 16.7. The van der Waals surface area contributed by atoms with Crippen molar-refractivity contribution in [3.8, 4) is 0 Å². The zero-order chi connectivity index (χ0) is 16.4. The minimum absolute atomic E-state index is 0.132. The Bertz CT molecular complexity index is 712. The maximum Gasteiger partial charge on any atom is 0.237 e. The summed E-state index contributed by atoms with van der Waals surface area (Å²) in [6.45, 7) is 4.22. The molecule has 5 nitrogen and oxygen atoms in total. The third kappa shape index (κ3) is 3.13. The van der Waals surface area contributed by atoms with Gasteiger partial charge >= 0.3 is 0 Å². The summed E-state index contributed by atoms with van der Waals surface area (Å²) in [6, 6.07) is 8.37. The SMILES string of the molecule is CCCc1nnc(SCC(=O)N2c3ccccc3C[C@H]2C)n1C. The van der Waals surface area contributed by atoms with Gasteiger partial charge in [0.05, 0.1) is 5.75 Å². The summed E-state index contributed by atoms with van der Waals surface area (Å²) in [5.41, 5.74) is 2.30. The van der Waals surface area contributed by atoms with Crippen LogP contribution in [-0.4, -0.2) is 32.5 Å². The van der Waals surface area contributed by atoms with Crippen LogP contribution in [0.2, 0.25) is 0 Å². The summed E-state index contributed by atoms with van der Waals surface area (Å²) in [7, 11) is 1.96. The van der Waals surface area contributed by atoms with Gasteiger partial charge in [-0.1, -0.05) is 36.9 Å². The highest BCUT2D eigenvalue weighted by molar-refractivity contribution is 7.99. The first-order chi connectivity index (χ1) is 11.1. The summed E-state index contributed by atoms with van der Waals surface area (Å²) in [4.78, 5) is 14.6. The van der Waals surface area contributed by atoms with Crippen LogP contribution in [-0.2, 0) is 24.7 Å². The number of thioether (sulfide) groups is 1. The molecule has 0 radical (unpaired) electrons. The van der Waals surface area contributed by atoms with Crippen molar-refractivity contribution in [1.29, 1.82) is 0 Å². The van der Waals surface area contributed by atoms with E-state index in [1.54, 1.807) is 0 Å². The first-order valence-electron chi connectivity index (χ1n) is 8.02. The van der Waals surface area contributed by atoms with Crippen molar-refractivity contribution >= 4 is 23.4 Å². The second kappa shape index (κ2) is 6.74. The second-order valence-electron chi connectivity index (χ2n) is 5.94. The van der Waals surface area contributed by atoms with Gasteiger partial charge in [0.1, 0.15) is 5.82 Å². The first-order valence-corrected chi connectivity index (χ1v) is 9.01. The molecule has 23 heavy (non-hydrogen) atoms. The van der Waals surface area contributed by atoms with Crippen molar-refractivity contribution in [3.05, 3.63) is 35.7 Å². The van der Waals surface area contributed by atoms with E-state index >= 15 is 0 Å². The summed E-state index contributed by atoms with van der Waals surface area (Å²) in [5, 5.41) is 9.21. The molecule has 1 aliphatic heterocycles. The minimum atomic E-state index is 0.132. The summed E-state index contributed by atoms with van der Waals surface area (Å²) >= 11 is 1.46. The Labute approximate surface area is 141 Å². The van der Waals surface area contributed by atoms with Crippen molar-refractivity contribution in [3.63, 3.8) is 0 Å². The molecule has 0 saturated heterocycles. The van der Waals surface area contributed by atoms with E-state index in [0.717, 1.165) is 35.9 Å². The van der Waals surface area contributed by atoms with Gasteiger partial charge in [-0.05, 0) is 31.4 Å². The van der Waals surface area contributed by atoms with Crippen LogP contribution in [0.5, 0.6) is 0 Å². The van der Waals surface area contributed by atoms with Gasteiger partial charge in [-0.25, -0.2) is 0 Å². The third-order valence-electron chi connectivity index (χ3n) is 4.20. The Morgan fingerprint density at radius 1 is 1.35 bits per heavy atom. The van der Waals surface area contributed by atoms with Crippen LogP contribution < -0.4 is 4.90 Å². The van der Waals surface area contributed by atoms with Crippen LogP contribution in [0.1, 0.15) is 31.7 Å². The van der Waals surface area contributed by atoms with E-state index in [9.17, 15) is 4.79 Å². The third-order valence-corrected chi connectivity index (χ3v) is 5.20. The Hall–Kier alpha value is -1.82. The van der Waals surface area contributed by atoms with E-state index in [1.807, 2.05) is 34.7 Å². The van der Waals surface area contributed by atoms with Crippen LogP contribution >= 0.6 is 11.8 Å². The molecule has 6 heteroatoms. The van der Waals surface area contributed by atoms with Gasteiger partial charge in [-0.3, -0.25) is 4.79 Å². The average molecular weight is 330 g/mol. The zero-order valence-corrected chi connectivity index (χ0v) is 14.6. The largest absolute Gasteiger partial charge is 0.309 e. The van der Waals surface area contributed by atoms with Crippen LogP contribution in [0.25, 0.3) is 0 Å².